The summed E-state index contributed by atoms with van der Waals surface area (Å²) in [5.74, 6) is 0. The number of nitrogens with zero attached hydrogens (tertiary/aromatic N) is 1. The summed E-state index contributed by atoms with van der Waals surface area (Å²) in [5.41, 5.74) is 5.65. The Balaban J connectivity index is 2.33. The standard InChI is InChI=1S/C7H16N2O/c1-2-9-4-3-7(10)6(8)5-9/h6-7,10H,2-5,8H2,1H3/t6-,7-/m1/s1. The average Bonchev–Trinajstić information content (AvgIpc) is 1.95. The summed E-state index contributed by atoms with van der Waals surface area (Å²) < 4.78 is 0. The molecule has 0 aromatic carbocycles. The van der Waals surface area contributed by atoms with Crippen molar-refractivity contribution >= 4 is 0 Å². The zero-order chi connectivity index (χ0) is 7.56. The molecule has 0 radical (unpaired) electrons. The van der Waals surface area contributed by atoms with Crippen LogP contribution in [0, 0.1) is 0 Å². The fourth-order valence-corrected chi connectivity index (χ4v) is 1.33. The summed E-state index contributed by atoms with van der Waals surface area (Å²) in [6.07, 6.45) is 0.553. The predicted molar refractivity (Wildman–Crippen MR) is 40.7 cm³/mol. The molecule has 3 nitrogen and oxygen atoms in total. The Kier molecular flexibility index (Phi) is 2.65. The fraction of sp³-hybridized carbons (Fsp3) is 1.00. The summed E-state index contributed by atoms with van der Waals surface area (Å²) in [7, 11) is 0. The maximum absolute atomic E-state index is 9.24. The Morgan fingerprint density at radius 3 is 2.90 bits per heavy atom. The lowest BCUT2D eigenvalue weighted by Crippen LogP contribution is -2.51. The number of aliphatic hydroxyl groups excluding tert-OH is 1. The molecule has 0 aromatic heterocycles. The molecular formula is C7H16N2O. The quantitative estimate of drug-likeness (QED) is 0.516. The van der Waals surface area contributed by atoms with Crippen LogP contribution >= 0.6 is 0 Å². The van der Waals surface area contributed by atoms with Crippen LogP contribution in [0.2, 0.25) is 0 Å². The van der Waals surface area contributed by atoms with E-state index in [0.717, 1.165) is 26.1 Å². The second-order valence-corrected chi connectivity index (χ2v) is 2.91. The van der Waals surface area contributed by atoms with E-state index in [4.69, 9.17) is 5.73 Å². The minimum absolute atomic E-state index is 0.0336. The molecule has 1 aliphatic rings. The van der Waals surface area contributed by atoms with Gasteiger partial charge in [-0.25, -0.2) is 0 Å². The Bertz CT molecular complexity index is 108. The van der Waals surface area contributed by atoms with Gasteiger partial charge in [-0.1, -0.05) is 6.92 Å². The minimum Gasteiger partial charge on any atom is -0.391 e. The van der Waals surface area contributed by atoms with Gasteiger partial charge in [0.15, 0.2) is 0 Å². The van der Waals surface area contributed by atoms with Gasteiger partial charge in [0.25, 0.3) is 0 Å². The summed E-state index contributed by atoms with van der Waals surface area (Å²) >= 11 is 0. The van der Waals surface area contributed by atoms with Crippen LogP contribution in [0.4, 0.5) is 0 Å². The number of rotatable bonds is 1. The van der Waals surface area contributed by atoms with Gasteiger partial charge < -0.3 is 15.7 Å². The van der Waals surface area contributed by atoms with Crippen molar-refractivity contribution in [1.82, 2.24) is 4.90 Å². The molecule has 0 unspecified atom stereocenters. The van der Waals surface area contributed by atoms with Gasteiger partial charge in [-0.2, -0.15) is 0 Å². The molecule has 2 atom stereocenters. The molecule has 1 saturated heterocycles. The van der Waals surface area contributed by atoms with Crippen molar-refractivity contribution in [3.05, 3.63) is 0 Å². The Morgan fingerprint density at radius 2 is 2.40 bits per heavy atom. The Hall–Kier alpha value is -0.120. The topological polar surface area (TPSA) is 49.5 Å². The van der Waals surface area contributed by atoms with Crippen LogP contribution in [0.3, 0.4) is 0 Å². The van der Waals surface area contributed by atoms with Gasteiger partial charge >= 0.3 is 0 Å². The molecule has 0 saturated carbocycles. The highest BCUT2D eigenvalue weighted by atomic mass is 16.3. The lowest BCUT2D eigenvalue weighted by atomic mass is 10.0. The zero-order valence-electron chi connectivity index (χ0n) is 6.45. The zero-order valence-corrected chi connectivity index (χ0v) is 6.45. The second kappa shape index (κ2) is 3.32. The molecule has 0 amide bonds. The van der Waals surface area contributed by atoms with E-state index in [1.807, 2.05) is 0 Å². The summed E-state index contributed by atoms with van der Waals surface area (Å²) in [4.78, 5) is 2.26. The van der Waals surface area contributed by atoms with Crippen LogP contribution in [0.5, 0.6) is 0 Å². The van der Waals surface area contributed by atoms with Gasteiger partial charge in [-0.15, -0.1) is 0 Å². The van der Waals surface area contributed by atoms with Gasteiger partial charge in [-0.05, 0) is 13.0 Å². The minimum atomic E-state index is -0.275. The van der Waals surface area contributed by atoms with E-state index in [9.17, 15) is 5.11 Å². The monoisotopic (exact) mass is 144 g/mol. The van der Waals surface area contributed by atoms with Crippen LogP contribution in [-0.2, 0) is 0 Å². The molecule has 0 aromatic rings. The molecule has 0 aliphatic carbocycles. The van der Waals surface area contributed by atoms with E-state index in [0.29, 0.717) is 0 Å². The van der Waals surface area contributed by atoms with E-state index in [1.54, 1.807) is 0 Å². The van der Waals surface area contributed by atoms with Crippen LogP contribution in [0.1, 0.15) is 13.3 Å². The highest BCUT2D eigenvalue weighted by Crippen LogP contribution is 2.07. The molecule has 1 fully saturated rings. The number of aliphatic hydroxyl groups is 1. The van der Waals surface area contributed by atoms with Crippen LogP contribution in [0.25, 0.3) is 0 Å². The third-order valence-electron chi connectivity index (χ3n) is 2.15. The molecule has 60 valence electrons. The van der Waals surface area contributed by atoms with Gasteiger partial charge in [0.05, 0.1) is 6.10 Å². The van der Waals surface area contributed by atoms with Crippen LogP contribution in [-0.4, -0.2) is 41.8 Å². The van der Waals surface area contributed by atoms with Crippen LogP contribution < -0.4 is 5.73 Å². The highest BCUT2D eigenvalue weighted by Gasteiger charge is 2.22. The number of likely N-dealkylation sites (N-methyl/N-ethyl adjacent to an activating group) is 1. The normalized spacial score (nSPS) is 36.3. The maximum Gasteiger partial charge on any atom is 0.0715 e. The maximum atomic E-state index is 9.24. The van der Waals surface area contributed by atoms with Crippen molar-refractivity contribution in [2.24, 2.45) is 5.73 Å². The van der Waals surface area contributed by atoms with E-state index >= 15 is 0 Å². The first-order valence-electron chi connectivity index (χ1n) is 3.90. The van der Waals surface area contributed by atoms with E-state index in [1.165, 1.54) is 0 Å². The molecule has 10 heavy (non-hydrogen) atoms. The number of hydrogen-bond donors (Lipinski definition) is 2. The van der Waals surface area contributed by atoms with Gasteiger partial charge in [0.2, 0.25) is 0 Å². The van der Waals surface area contributed by atoms with Gasteiger partial charge in [0, 0.05) is 19.1 Å². The lowest BCUT2D eigenvalue weighted by molar-refractivity contribution is 0.0650. The number of likely N-dealkylation sites (tertiary alicyclic amines) is 1. The van der Waals surface area contributed by atoms with Crippen LogP contribution in [0.15, 0.2) is 0 Å². The van der Waals surface area contributed by atoms with Crippen molar-refractivity contribution in [2.75, 3.05) is 19.6 Å². The highest BCUT2D eigenvalue weighted by molar-refractivity contribution is 4.81. The van der Waals surface area contributed by atoms with Crippen molar-refractivity contribution in [3.8, 4) is 0 Å². The first kappa shape index (κ1) is 7.98. The lowest BCUT2D eigenvalue weighted by Gasteiger charge is -2.33. The van der Waals surface area contributed by atoms with E-state index < -0.39 is 0 Å². The van der Waals surface area contributed by atoms with Crippen molar-refractivity contribution in [2.45, 2.75) is 25.5 Å². The molecular weight excluding hydrogens is 128 g/mol. The van der Waals surface area contributed by atoms with Crippen molar-refractivity contribution in [1.29, 1.82) is 0 Å². The van der Waals surface area contributed by atoms with Gasteiger partial charge in [0.1, 0.15) is 0 Å². The largest absolute Gasteiger partial charge is 0.391 e. The third kappa shape index (κ3) is 1.68. The molecule has 3 heteroatoms. The predicted octanol–water partition coefficient (Wildman–Crippen LogP) is -0.600. The smallest absolute Gasteiger partial charge is 0.0715 e. The summed E-state index contributed by atoms with van der Waals surface area (Å²) in [6, 6.07) is -0.0336. The van der Waals surface area contributed by atoms with E-state index in [-0.39, 0.29) is 12.1 Å². The summed E-state index contributed by atoms with van der Waals surface area (Å²) in [6.45, 7) is 4.99. The molecule has 1 heterocycles. The van der Waals surface area contributed by atoms with Gasteiger partial charge in [-0.3, -0.25) is 0 Å². The van der Waals surface area contributed by atoms with Crippen molar-refractivity contribution in [3.63, 3.8) is 0 Å². The molecule has 1 rings (SSSR count). The van der Waals surface area contributed by atoms with Crippen molar-refractivity contribution < 1.29 is 5.11 Å². The third-order valence-corrected chi connectivity index (χ3v) is 2.15. The Morgan fingerprint density at radius 1 is 1.70 bits per heavy atom. The molecule has 0 bridgehead atoms. The average molecular weight is 144 g/mol. The number of piperidine rings is 1. The Labute approximate surface area is 61.8 Å². The fourth-order valence-electron chi connectivity index (χ4n) is 1.33. The number of nitrogens with two attached hydrogens (primary N) is 1. The summed E-state index contributed by atoms with van der Waals surface area (Å²) in [5, 5.41) is 9.24. The first-order valence-corrected chi connectivity index (χ1v) is 3.90. The second-order valence-electron chi connectivity index (χ2n) is 2.91. The molecule has 0 spiro atoms. The molecule has 1 aliphatic heterocycles. The number of hydrogen-bond acceptors (Lipinski definition) is 3. The SMILES string of the molecule is CCN1CC[C@@H](O)[C@H](N)C1. The molecule has 3 N–H and O–H groups in total. The first-order chi connectivity index (χ1) is 4.74. The van der Waals surface area contributed by atoms with E-state index in [2.05, 4.69) is 11.8 Å².